The number of allylic oxidation sites excluding steroid dienone is 3. The summed E-state index contributed by atoms with van der Waals surface area (Å²) in [5.41, 5.74) is 5.06. The van der Waals surface area contributed by atoms with Crippen molar-refractivity contribution in [1.29, 1.82) is 0 Å². The summed E-state index contributed by atoms with van der Waals surface area (Å²) in [7, 11) is 0. The van der Waals surface area contributed by atoms with E-state index in [-0.39, 0.29) is 0 Å². The van der Waals surface area contributed by atoms with Crippen molar-refractivity contribution in [2.75, 3.05) is 0 Å². The van der Waals surface area contributed by atoms with Gasteiger partial charge in [-0.25, -0.2) is 0 Å². The van der Waals surface area contributed by atoms with Gasteiger partial charge in [-0.2, -0.15) is 0 Å². The molecule has 0 heteroatoms. The minimum atomic E-state index is 0.828. The van der Waals surface area contributed by atoms with Crippen molar-refractivity contribution in [3.05, 3.63) is 72.4 Å². The Balaban J connectivity index is -0.000000179. The van der Waals surface area contributed by atoms with Crippen LogP contribution in [0, 0.1) is 11.8 Å². The van der Waals surface area contributed by atoms with Crippen LogP contribution in [0.2, 0.25) is 0 Å². The first-order valence-electron chi connectivity index (χ1n) is 12.6. The lowest BCUT2D eigenvalue weighted by Crippen LogP contribution is -2.11. The molecule has 0 N–H and O–H groups in total. The molecule has 182 valence electrons. The van der Waals surface area contributed by atoms with Crippen LogP contribution in [-0.2, 0) is 6.42 Å². The van der Waals surface area contributed by atoms with Gasteiger partial charge in [-0.1, -0.05) is 128 Å². The Morgan fingerprint density at radius 2 is 1.26 bits per heavy atom. The van der Waals surface area contributed by atoms with Gasteiger partial charge in [-0.05, 0) is 57.9 Å². The second-order valence-electron chi connectivity index (χ2n) is 8.28. The van der Waals surface area contributed by atoms with Crippen molar-refractivity contribution < 1.29 is 0 Å². The van der Waals surface area contributed by atoms with Crippen LogP contribution in [0.3, 0.4) is 0 Å². The zero-order chi connectivity index (χ0) is 25.2. The lowest BCUT2D eigenvalue weighted by Gasteiger charge is -2.22. The Morgan fingerprint density at radius 3 is 1.58 bits per heavy atom. The molecule has 0 saturated carbocycles. The highest BCUT2D eigenvalue weighted by Gasteiger charge is 2.14. The van der Waals surface area contributed by atoms with Gasteiger partial charge < -0.3 is 0 Å². The van der Waals surface area contributed by atoms with E-state index in [1.54, 1.807) is 0 Å². The van der Waals surface area contributed by atoms with Gasteiger partial charge in [-0.3, -0.25) is 0 Å². The summed E-state index contributed by atoms with van der Waals surface area (Å²) >= 11 is 0. The molecule has 31 heavy (non-hydrogen) atoms. The number of rotatable bonds is 9. The summed E-state index contributed by atoms with van der Waals surface area (Å²) in [5, 5.41) is 0. The first-order chi connectivity index (χ1) is 14.6. The van der Waals surface area contributed by atoms with Crippen molar-refractivity contribution in [2.45, 2.75) is 115 Å². The van der Waals surface area contributed by atoms with E-state index in [9.17, 15) is 0 Å². The lowest BCUT2D eigenvalue weighted by atomic mass is 9.84. The number of benzene rings is 1. The number of hydrogen-bond donors (Lipinski definition) is 0. The fourth-order valence-corrected chi connectivity index (χ4v) is 3.02. The molecule has 0 nitrogen and oxygen atoms in total. The lowest BCUT2D eigenvalue weighted by molar-refractivity contribution is 0.316. The molecule has 2 unspecified atom stereocenters. The van der Waals surface area contributed by atoms with Gasteiger partial charge in [0.1, 0.15) is 0 Å². The molecule has 0 radical (unpaired) electrons. The van der Waals surface area contributed by atoms with E-state index in [1.807, 2.05) is 54.5 Å². The van der Waals surface area contributed by atoms with Gasteiger partial charge in [0, 0.05) is 0 Å². The van der Waals surface area contributed by atoms with Gasteiger partial charge in [0.05, 0.1) is 0 Å². The first-order valence-corrected chi connectivity index (χ1v) is 12.6. The summed E-state index contributed by atoms with van der Waals surface area (Å²) in [5.74, 6) is 1.74. The summed E-state index contributed by atoms with van der Waals surface area (Å²) in [6.45, 7) is 34.5. The minimum absolute atomic E-state index is 0.828. The highest BCUT2D eigenvalue weighted by Crippen LogP contribution is 2.26. The third-order valence-corrected chi connectivity index (χ3v) is 4.28. The molecule has 2 atom stereocenters. The minimum Gasteiger partial charge on any atom is -0.100 e. The highest BCUT2D eigenvalue weighted by molar-refractivity contribution is 5.19. The Hall–Kier alpha value is -1.56. The molecule has 0 aliphatic carbocycles. The third-order valence-electron chi connectivity index (χ3n) is 4.28. The molecular formula is C31H58. The molecular weight excluding hydrogens is 372 g/mol. The zero-order valence-corrected chi connectivity index (χ0v) is 23.4. The smallest absolute Gasteiger partial charge is 0.00726 e. The molecule has 1 rings (SSSR count). The van der Waals surface area contributed by atoms with Gasteiger partial charge in [0.25, 0.3) is 0 Å². The molecule has 0 heterocycles. The largest absolute Gasteiger partial charge is 0.100 e. The average Bonchev–Trinajstić information content (AvgIpc) is 2.71. The normalized spacial score (nSPS) is 10.7. The maximum absolute atomic E-state index is 3.99. The van der Waals surface area contributed by atoms with Crippen LogP contribution in [0.1, 0.15) is 114 Å². The van der Waals surface area contributed by atoms with Crippen molar-refractivity contribution in [3.8, 4) is 0 Å². The fourth-order valence-electron chi connectivity index (χ4n) is 3.02. The summed E-state index contributed by atoms with van der Waals surface area (Å²) in [6.07, 6.45) is 7.66. The topological polar surface area (TPSA) is 0 Å². The zero-order valence-electron chi connectivity index (χ0n) is 23.4. The monoisotopic (exact) mass is 430 g/mol. The van der Waals surface area contributed by atoms with Crippen LogP contribution in [0.4, 0.5) is 0 Å². The van der Waals surface area contributed by atoms with Crippen LogP contribution in [-0.4, -0.2) is 0 Å². The molecule has 0 fully saturated rings. The van der Waals surface area contributed by atoms with Crippen LogP contribution >= 0.6 is 0 Å². The summed E-state index contributed by atoms with van der Waals surface area (Å²) in [4.78, 5) is 0. The standard InChI is InChI=1S/C13H26.C10H12.C4H8.2C2H6/c1-6-8-9-13(7-2)12(5)10-11(3)4;1-9(2)8-10-6-4-3-5-7-10;1-4(2)3;2*1-2/h12-13H,3,6-10H2,1-2,4-5H3;3-7H,1,8H2,2H3;1H2,2-3H3;2*1-2H3. The van der Waals surface area contributed by atoms with Crippen LogP contribution < -0.4 is 0 Å². The number of hydrogen-bond acceptors (Lipinski definition) is 0. The van der Waals surface area contributed by atoms with Gasteiger partial charge in [-0.15, -0.1) is 13.2 Å². The van der Waals surface area contributed by atoms with Gasteiger partial charge in [0.2, 0.25) is 0 Å². The van der Waals surface area contributed by atoms with E-state index in [0.717, 1.165) is 18.3 Å². The van der Waals surface area contributed by atoms with Crippen molar-refractivity contribution >= 4 is 0 Å². The number of unbranched alkanes of at least 4 members (excludes halogenated alkanes) is 1. The molecule has 1 aromatic rings. The molecule has 0 spiro atoms. The molecule has 0 aliphatic heterocycles. The maximum Gasteiger partial charge on any atom is -0.00726 e. The molecule has 0 aromatic heterocycles. The van der Waals surface area contributed by atoms with E-state index in [2.05, 4.69) is 71.7 Å². The molecule has 0 bridgehead atoms. The Labute approximate surface area is 199 Å². The summed E-state index contributed by atoms with van der Waals surface area (Å²) in [6, 6.07) is 10.4. The van der Waals surface area contributed by atoms with Crippen LogP contribution in [0.5, 0.6) is 0 Å². The Morgan fingerprint density at radius 1 is 0.806 bits per heavy atom. The van der Waals surface area contributed by atoms with Crippen LogP contribution in [0.25, 0.3) is 0 Å². The van der Waals surface area contributed by atoms with E-state index in [4.69, 9.17) is 0 Å². The van der Waals surface area contributed by atoms with Gasteiger partial charge >= 0.3 is 0 Å². The van der Waals surface area contributed by atoms with Crippen molar-refractivity contribution in [3.63, 3.8) is 0 Å². The molecule has 0 saturated heterocycles. The molecule has 1 aromatic carbocycles. The predicted molar refractivity (Wildman–Crippen MR) is 150 cm³/mol. The third kappa shape index (κ3) is 33.3. The quantitative estimate of drug-likeness (QED) is 0.342. The first kappa shape index (κ1) is 36.8. The SMILES string of the molecule is C=C(C)C.C=C(C)CC(C)C(CC)CCCC.C=C(C)Cc1ccccc1.CC.CC. The predicted octanol–water partition coefficient (Wildman–Crippen LogP) is 11.2. The fraction of sp³-hybridized carbons (Fsp3) is 0.613. The second-order valence-corrected chi connectivity index (χ2v) is 8.28. The highest BCUT2D eigenvalue weighted by atomic mass is 14.2. The van der Waals surface area contributed by atoms with Crippen molar-refractivity contribution in [2.24, 2.45) is 11.8 Å². The van der Waals surface area contributed by atoms with Crippen molar-refractivity contribution in [1.82, 2.24) is 0 Å². The molecule has 0 aliphatic rings. The Bertz CT molecular complexity index is 502. The summed E-state index contributed by atoms with van der Waals surface area (Å²) < 4.78 is 0. The van der Waals surface area contributed by atoms with E-state index in [1.165, 1.54) is 54.4 Å². The van der Waals surface area contributed by atoms with E-state index in [0.29, 0.717) is 0 Å². The van der Waals surface area contributed by atoms with E-state index >= 15 is 0 Å². The molecule has 0 amide bonds. The average molecular weight is 431 g/mol. The Kier molecular flexibility index (Phi) is 33.8. The maximum atomic E-state index is 3.99. The van der Waals surface area contributed by atoms with Gasteiger partial charge in [0.15, 0.2) is 0 Å². The van der Waals surface area contributed by atoms with E-state index < -0.39 is 0 Å². The van der Waals surface area contributed by atoms with Crippen LogP contribution in [0.15, 0.2) is 66.8 Å². The second kappa shape index (κ2) is 28.4.